The van der Waals surface area contributed by atoms with Crippen molar-refractivity contribution >= 4 is 11.7 Å². The van der Waals surface area contributed by atoms with Gasteiger partial charge in [-0.2, -0.15) is 0 Å². The highest BCUT2D eigenvalue weighted by molar-refractivity contribution is 5.98. The lowest BCUT2D eigenvalue weighted by Crippen LogP contribution is -2.38. The van der Waals surface area contributed by atoms with Gasteiger partial charge in [-0.05, 0) is 37.3 Å². The first-order valence-electron chi connectivity index (χ1n) is 8.24. The Morgan fingerprint density at radius 3 is 3.00 bits per heavy atom. The SMILES string of the molecule is CCCNc1ncccc1C(=O)NC1CCCC(CC)C1. The lowest BCUT2D eigenvalue weighted by atomic mass is 9.84. The van der Waals surface area contributed by atoms with Crippen molar-refractivity contribution in [1.82, 2.24) is 10.3 Å². The first kappa shape index (κ1) is 15.8. The third kappa shape index (κ3) is 4.45. The summed E-state index contributed by atoms with van der Waals surface area (Å²) in [6, 6.07) is 3.98. The van der Waals surface area contributed by atoms with Gasteiger partial charge in [-0.3, -0.25) is 4.79 Å². The van der Waals surface area contributed by atoms with Crippen LogP contribution in [0, 0.1) is 5.92 Å². The van der Waals surface area contributed by atoms with Crippen molar-refractivity contribution in [3.8, 4) is 0 Å². The fourth-order valence-electron chi connectivity index (χ4n) is 3.03. The molecular formula is C17H27N3O. The number of anilines is 1. The van der Waals surface area contributed by atoms with E-state index in [9.17, 15) is 4.79 Å². The molecule has 21 heavy (non-hydrogen) atoms. The van der Waals surface area contributed by atoms with Gasteiger partial charge >= 0.3 is 0 Å². The Morgan fingerprint density at radius 1 is 1.38 bits per heavy atom. The van der Waals surface area contributed by atoms with E-state index in [0.29, 0.717) is 17.4 Å². The molecule has 0 saturated heterocycles. The number of nitrogens with zero attached hydrogens (tertiary/aromatic N) is 1. The van der Waals surface area contributed by atoms with Crippen molar-refractivity contribution in [2.75, 3.05) is 11.9 Å². The highest BCUT2D eigenvalue weighted by Crippen LogP contribution is 2.27. The number of hydrogen-bond acceptors (Lipinski definition) is 3. The van der Waals surface area contributed by atoms with Crippen LogP contribution in [0.15, 0.2) is 18.3 Å². The van der Waals surface area contributed by atoms with E-state index in [4.69, 9.17) is 0 Å². The van der Waals surface area contributed by atoms with Crippen LogP contribution in [0.1, 0.15) is 62.7 Å². The van der Waals surface area contributed by atoms with E-state index in [-0.39, 0.29) is 5.91 Å². The Morgan fingerprint density at radius 2 is 2.24 bits per heavy atom. The summed E-state index contributed by atoms with van der Waals surface area (Å²) in [5, 5.41) is 6.43. The van der Waals surface area contributed by atoms with Crippen LogP contribution in [0.5, 0.6) is 0 Å². The first-order valence-corrected chi connectivity index (χ1v) is 8.24. The standard InChI is InChI=1S/C17H27N3O/c1-3-10-18-16-15(9-6-11-19-16)17(21)20-14-8-5-7-13(4-2)12-14/h6,9,11,13-14H,3-5,7-8,10,12H2,1-2H3,(H,18,19)(H,20,21). The Balaban J connectivity index is 1.99. The minimum atomic E-state index is 0.00320. The molecule has 1 heterocycles. The van der Waals surface area contributed by atoms with Gasteiger partial charge in [0.1, 0.15) is 5.82 Å². The largest absolute Gasteiger partial charge is 0.369 e. The molecule has 1 saturated carbocycles. The minimum absolute atomic E-state index is 0.00320. The lowest BCUT2D eigenvalue weighted by molar-refractivity contribution is 0.0919. The van der Waals surface area contributed by atoms with Gasteiger partial charge in [0, 0.05) is 18.8 Å². The Labute approximate surface area is 127 Å². The highest BCUT2D eigenvalue weighted by Gasteiger charge is 2.23. The first-order chi connectivity index (χ1) is 10.2. The predicted octanol–water partition coefficient (Wildman–Crippen LogP) is 3.60. The summed E-state index contributed by atoms with van der Waals surface area (Å²) >= 11 is 0. The van der Waals surface area contributed by atoms with Crippen LogP contribution in [0.4, 0.5) is 5.82 Å². The average Bonchev–Trinajstić information content (AvgIpc) is 2.53. The van der Waals surface area contributed by atoms with Crippen molar-refractivity contribution in [1.29, 1.82) is 0 Å². The number of aromatic nitrogens is 1. The summed E-state index contributed by atoms with van der Waals surface area (Å²) in [6.07, 6.45) is 8.68. The molecule has 0 bridgehead atoms. The summed E-state index contributed by atoms with van der Waals surface area (Å²) in [7, 11) is 0. The zero-order chi connectivity index (χ0) is 15.1. The van der Waals surface area contributed by atoms with Gasteiger partial charge < -0.3 is 10.6 Å². The van der Waals surface area contributed by atoms with E-state index in [1.807, 2.05) is 12.1 Å². The minimum Gasteiger partial charge on any atom is -0.369 e. The van der Waals surface area contributed by atoms with E-state index in [0.717, 1.165) is 31.7 Å². The van der Waals surface area contributed by atoms with Crippen LogP contribution < -0.4 is 10.6 Å². The van der Waals surface area contributed by atoms with E-state index < -0.39 is 0 Å². The van der Waals surface area contributed by atoms with Gasteiger partial charge in [0.15, 0.2) is 0 Å². The number of hydrogen-bond donors (Lipinski definition) is 2. The molecule has 1 fully saturated rings. The summed E-state index contributed by atoms with van der Waals surface area (Å²) in [5.74, 6) is 1.46. The van der Waals surface area contributed by atoms with Crippen LogP contribution >= 0.6 is 0 Å². The molecule has 2 unspecified atom stereocenters. The van der Waals surface area contributed by atoms with Crippen LogP contribution in [0.3, 0.4) is 0 Å². The fourth-order valence-corrected chi connectivity index (χ4v) is 3.03. The van der Waals surface area contributed by atoms with Gasteiger partial charge in [-0.25, -0.2) is 4.98 Å². The summed E-state index contributed by atoms with van der Waals surface area (Å²) in [6.45, 7) is 5.17. The Kier molecular flexibility index (Phi) is 6.03. The topological polar surface area (TPSA) is 54.0 Å². The molecule has 0 aliphatic heterocycles. The summed E-state index contributed by atoms with van der Waals surface area (Å²) < 4.78 is 0. The molecule has 116 valence electrons. The quantitative estimate of drug-likeness (QED) is 0.841. The second-order valence-corrected chi connectivity index (χ2v) is 5.94. The fraction of sp³-hybridized carbons (Fsp3) is 0.647. The molecule has 1 aromatic rings. The molecule has 4 nitrogen and oxygen atoms in total. The zero-order valence-electron chi connectivity index (χ0n) is 13.2. The van der Waals surface area contributed by atoms with Gasteiger partial charge in [0.05, 0.1) is 5.56 Å². The summed E-state index contributed by atoms with van der Waals surface area (Å²) in [5.41, 5.74) is 0.657. The number of carbonyl (C=O) groups is 1. The molecule has 2 rings (SSSR count). The Bertz CT molecular complexity index is 461. The number of carbonyl (C=O) groups excluding carboxylic acids is 1. The molecular weight excluding hydrogens is 262 g/mol. The smallest absolute Gasteiger partial charge is 0.255 e. The van der Waals surface area contributed by atoms with E-state index in [1.54, 1.807) is 6.20 Å². The van der Waals surface area contributed by atoms with Gasteiger partial charge in [-0.1, -0.05) is 33.1 Å². The number of amides is 1. The van der Waals surface area contributed by atoms with Crippen molar-refractivity contribution in [2.45, 2.75) is 58.4 Å². The van der Waals surface area contributed by atoms with Crippen LogP contribution in [-0.2, 0) is 0 Å². The molecule has 2 atom stereocenters. The van der Waals surface area contributed by atoms with Gasteiger partial charge in [0.2, 0.25) is 0 Å². The third-order valence-electron chi connectivity index (χ3n) is 4.29. The van der Waals surface area contributed by atoms with Crippen molar-refractivity contribution in [3.05, 3.63) is 23.9 Å². The maximum absolute atomic E-state index is 12.5. The third-order valence-corrected chi connectivity index (χ3v) is 4.29. The molecule has 1 aliphatic rings. The number of pyridine rings is 1. The second-order valence-electron chi connectivity index (χ2n) is 5.94. The number of rotatable bonds is 6. The maximum atomic E-state index is 12.5. The molecule has 0 radical (unpaired) electrons. The average molecular weight is 289 g/mol. The van der Waals surface area contributed by atoms with Crippen LogP contribution in [0.2, 0.25) is 0 Å². The maximum Gasteiger partial charge on any atom is 0.255 e. The number of nitrogens with one attached hydrogen (secondary N) is 2. The molecule has 4 heteroatoms. The second kappa shape index (κ2) is 8.01. The lowest BCUT2D eigenvalue weighted by Gasteiger charge is -2.29. The van der Waals surface area contributed by atoms with E-state index in [1.165, 1.54) is 19.3 Å². The van der Waals surface area contributed by atoms with Crippen molar-refractivity contribution < 1.29 is 4.79 Å². The van der Waals surface area contributed by atoms with Crippen molar-refractivity contribution in [3.63, 3.8) is 0 Å². The van der Waals surface area contributed by atoms with Gasteiger partial charge in [0.25, 0.3) is 5.91 Å². The normalized spacial score (nSPS) is 21.8. The molecule has 1 aromatic heterocycles. The molecule has 1 amide bonds. The van der Waals surface area contributed by atoms with E-state index in [2.05, 4.69) is 29.5 Å². The van der Waals surface area contributed by atoms with Crippen molar-refractivity contribution in [2.24, 2.45) is 5.92 Å². The molecule has 2 N–H and O–H groups in total. The van der Waals surface area contributed by atoms with Crippen LogP contribution in [-0.4, -0.2) is 23.5 Å². The zero-order valence-corrected chi connectivity index (χ0v) is 13.2. The highest BCUT2D eigenvalue weighted by atomic mass is 16.1. The Hall–Kier alpha value is -1.58. The van der Waals surface area contributed by atoms with Crippen LogP contribution in [0.25, 0.3) is 0 Å². The van der Waals surface area contributed by atoms with E-state index >= 15 is 0 Å². The van der Waals surface area contributed by atoms with Gasteiger partial charge in [-0.15, -0.1) is 0 Å². The molecule has 1 aliphatic carbocycles. The monoisotopic (exact) mass is 289 g/mol. The summed E-state index contributed by atoms with van der Waals surface area (Å²) in [4.78, 5) is 16.8. The predicted molar refractivity (Wildman–Crippen MR) is 86.5 cm³/mol. The molecule has 0 aromatic carbocycles. The molecule has 0 spiro atoms.